The fourth-order valence-corrected chi connectivity index (χ4v) is 8.84. The maximum Gasteiger partial charge on any atom is 0.302 e. The van der Waals surface area contributed by atoms with Crippen molar-refractivity contribution in [2.75, 3.05) is 6.67 Å². The van der Waals surface area contributed by atoms with Crippen LogP contribution < -0.4 is 0 Å². The molecule has 182 valence electrons. The van der Waals surface area contributed by atoms with Crippen LogP contribution in [-0.4, -0.2) is 18.7 Å². The molecule has 32 heavy (non-hydrogen) atoms. The molecule has 4 unspecified atom stereocenters. The first-order valence-corrected chi connectivity index (χ1v) is 13.7. The van der Waals surface area contributed by atoms with Gasteiger partial charge in [0.2, 0.25) is 0 Å². The van der Waals surface area contributed by atoms with Crippen LogP contribution in [0.25, 0.3) is 0 Å². The number of alkyl halides is 1. The number of carbonyl (C=O) groups is 1. The molecule has 2 fully saturated rings. The van der Waals surface area contributed by atoms with Crippen molar-refractivity contribution in [3.05, 3.63) is 11.1 Å². The first-order chi connectivity index (χ1) is 15.2. The van der Waals surface area contributed by atoms with Crippen LogP contribution in [0.15, 0.2) is 11.1 Å². The van der Waals surface area contributed by atoms with E-state index < -0.39 is 0 Å². The van der Waals surface area contributed by atoms with E-state index in [1.807, 2.05) is 0 Å². The molecule has 0 amide bonds. The minimum Gasteiger partial charge on any atom is -0.462 e. The molecule has 4 aliphatic rings. The van der Waals surface area contributed by atoms with Gasteiger partial charge in [0.1, 0.15) is 6.10 Å². The highest BCUT2D eigenvalue weighted by Gasteiger charge is 2.57. The number of hydrogen-bond donors (Lipinski definition) is 0. The van der Waals surface area contributed by atoms with Crippen molar-refractivity contribution in [2.45, 2.75) is 111 Å². The summed E-state index contributed by atoms with van der Waals surface area (Å²) in [5.41, 5.74) is 3.38. The van der Waals surface area contributed by atoms with Gasteiger partial charge in [0.25, 0.3) is 0 Å². The van der Waals surface area contributed by atoms with E-state index in [0.717, 1.165) is 49.4 Å². The zero-order chi connectivity index (χ0) is 23.0. The van der Waals surface area contributed by atoms with E-state index in [9.17, 15) is 9.18 Å². The summed E-state index contributed by atoms with van der Waals surface area (Å²) < 4.78 is 19.9. The number of hydrogen-bond acceptors (Lipinski definition) is 2. The van der Waals surface area contributed by atoms with Crippen molar-refractivity contribution in [1.29, 1.82) is 0 Å². The minimum absolute atomic E-state index is 0.0340. The largest absolute Gasteiger partial charge is 0.462 e. The molecule has 0 aromatic heterocycles. The Labute approximate surface area is 196 Å². The average molecular weight is 447 g/mol. The van der Waals surface area contributed by atoms with Gasteiger partial charge in [-0.2, -0.15) is 0 Å². The van der Waals surface area contributed by atoms with Gasteiger partial charge in [-0.05, 0) is 85.9 Å². The number of esters is 1. The molecule has 0 aromatic carbocycles. The number of fused-ring (bicyclic) bond motifs is 4. The van der Waals surface area contributed by atoms with Crippen LogP contribution in [0, 0.1) is 46.8 Å². The van der Waals surface area contributed by atoms with Crippen molar-refractivity contribution in [1.82, 2.24) is 0 Å². The first-order valence-electron chi connectivity index (χ1n) is 13.7. The van der Waals surface area contributed by atoms with Gasteiger partial charge in [-0.3, -0.25) is 9.18 Å². The molecule has 0 spiro atoms. The van der Waals surface area contributed by atoms with E-state index in [0.29, 0.717) is 17.3 Å². The Hall–Kier alpha value is -0.860. The van der Waals surface area contributed by atoms with Gasteiger partial charge >= 0.3 is 5.97 Å². The second-order valence-corrected chi connectivity index (χ2v) is 12.5. The van der Waals surface area contributed by atoms with Crippen LogP contribution in [0.1, 0.15) is 105 Å². The zero-order valence-corrected chi connectivity index (χ0v) is 21.3. The molecule has 0 heterocycles. The first kappa shape index (κ1) is 24.3. The summed E-state index contributed by atoms with van der Waals surface area (Å²) in [4.78, 5) is 11.5. The van der Waals surface area contributed by atoms with Crippen molar-refractivity contribution >= 4 is 5.97 Å². The number of carbonyl (C=O) groups excluding carboxylic acids is 1. The lowest BCUT2D eigenvalue weighted by molar-refractivity contribution is -0.147. The van der Waals surface area contributed by atoms with Crippen LogP contribution >= 0.6 is 0 Å². The van der Waals surface area contributed by atoms with Gasteiger partial charge in [0.05, 0.1) is 6.67 Å². The standard InChI is InChI=1S/C29H47FO2/c1-18(2)7-6-8-19(3)27-11-12-28-26-15-21(17-30)25-16-22(32-20(4)31)9-10-23(25)24(26)13-14-29(27,28)5/h18-19,21-22,24,26-28H,6-17H2,1-5H3/t19?,21-,22-,24?,26?,27+,28?,29+/m0/s1. The van der Waals surface area contributed by atoms with Crippen LogP contribution in [-0.2, 0) is 9.53 Å². The fraction of sp³-hybridized carbons (Fsp3) is 0.897. The van der Waals surface area contributed by atoms with Crippen LogP contribution in [0.2, 0.25) is 0 Å². The average Bonchev–Trinajstić information content (AvgIpc) is 3.09. The van der Waals surface area contributed by atoms with Crippen LogP contribution in [0.3, 0.4) is 0 Å². The normalized spacial score (nSPS) is 40.0. The molecular weight excluding hydrogens is 399 g/mol. The summed E-state index contributed by atoms with van der Waals surface area (Å²) in [7, 11) is 0. The molecule has 0 aromatic rings. The van der Waals surface area contributed by atoms with Crippen LogP contribution in [0.5, 0.6) is 0 Å². The minimum atomic E-state index is -0.243. The fourth-order valence-electron chi connectivity index (χ4n) is 8.84. The molecule has 4 rings (SSSR count). The van der Waals surface area contributed by atoms with E-state index in [4.69, 9.17) is 4.74 Å². The van der Waals surface area contributed by atoms with Gasteiger partial charge < -0.3 is 4.74 Å². The quantitative estimate of drug-likeness (QED) is 0.293. The summed E-state index contributed by atoms with van der Waals surface area (Å²) >= 11 is 0. The molecule has 0 radical (unpaired) electrons. The predicted octanol–water partition coefficient (Wildman–Crippen LogP) is 7.91. The Kier molecular flexibility index (Phi) is 7.42. The Balaban J connectivity index is 1.50. The highest BCUT2D eigenvalue weighted by Crippen LogP contribution is 2.65. The van der Waals surface area contributed by atoms with Gasteiger partial charge in [-0.25, -0.2) is 0 Å². The maximum atomic E-state index is 14.3. The number of allylic oxidation sites excluding steroid dienone is 1. The Morgan fingerprint density at radius 2 is 1.91 bits per heavy atom. The highest BCUT2D eigenvalue weighted by atomic mass is 19.1. The Morgan fingerprint density at radius 1 is 1.12 bits per heavy atom. The molecule has 4 aliphatic carbocycles. The molecule has 0 aliphatic heterocycles. The van der Waals surface area contributed by atoms with E-state index in [-0.39, 0.29) is 24.7 Å². The third-order valence-electron chi connectivity index (χ3n) is 10.2. The molecule has 8 atom stereocenters. The molecule has 0 saturated heterocycles. The van der Waals surface area contributed by atoms with Gasteiger partial charge in [0.15, 0.2) is 0 Å². The lowest BCUT2D eigenvalue weighted by Gasteiger charge is -2.54. The molecule has 2 saturated carbocycles. The number of rotatable bonds is 7. The van der Waals surface area contributed by atoms with Crippen molar-refractivity contribution in [3.63, 3.8) is 0 Å². The van der Waals surface area contributed by atoms with E-state index >= 15 is 0 Å². The lowest BCUT2D eigenvalue weighted by Crippen LogP contribution is -2.47. The van der Waals surface area contributed by atoms with Gasteiger partial charge in [0, 0.05) is 19.3 Å². The summed E-state index contributed by atoms with van der Waals surface area (Å²) in [5, 5.41) is 0. The topological polar surface area (TPSA) is 26.3 Å². The maximum absolute atomic E-state index is 14.3. The predicted molar refractivity (Wildman–Crippen MR) is 129 cm³/mol. The monoisotopic (exact) mass is 446 g/mol. The third kappa shape index (κ3) is 4.56. The Morgan fingerprint density at radius 3 is 2.59 bits per heavy atom. The summed E-state index contributed by atoms with van der Waals surface area (Å²) in [6.07, 6.45) is 13.2. The molecule has 0 bridgehead atoms. The molecule has 2 nitrogen and oxygen atoms in total. The zero-order valence-electron chi connectivity index (χ0n) is 21.3. The molecule has 0 N–H and O–H groups in total. The summed E-state index contributed by atoms with van der Waals surface area (Å²) in [5.74, 6) is 4.45. The molecule has 3 heteroatoms. The SMILES string of the molecule is CC(=O)O[C@H]1CCC2=C(C1)[C@H](CF)CC1C2CC[C@@]2(C)C1CC[C@@H]2C(C)CCCC(C)C. The van der Waals surface area contributed by atoms with Crippen molar-refractivity contribution in [2.24, 2.45) is 46.8 Å². The second kappa shape index (κ2) is 9.79. The number of halogens is 1. The molecular formula is C29H47FO2. The third-order valence-corrected chi connectivity index (χ3v) is 10.2. The van der Waals surface area contributed by atoms with Gasteiger partial charge in [-0.1, -0.05) is 58.1 Å². The van der Waals surface area contributed by atoms with E-state index in [2.05, 4.69) is 27.7 Å². The van der Waals surface area contributed by atoms with E-state index in [1.165, 1.54) is 57.4 Å². The lowest BCUT2D eigenvalue weighted by atomic mass is 9.51. The highest BCUT2D eigenvalue weighted by molar-refractivity contribution is 5.66. The summed E-state index contributed by atoms with van der Waals surface area (Å²) in [6, 6.07) is 0. The smallest absolute Gasteiger partial charge is 0.302 e. The second-order valence-electron chi connectivity index (χ2n) is 12.5. The van der Waals surface area contributed by atoms with E-state index in [1.54, 1.807) is 5.57 Å². The van der Waals surface area contributed by atoms with Crippen LogP contribution in [0.4, 0.5) is 4.39 Å². The van der Waals surface area contributed by atoms with Crippen molar-refractivity contribution < 1.29 is 13.9 Å². The Bertz CT molecular complexity index is 712. The van der Waals surface area contributed by atoms with Crippen molar-refractivity contribution in [3.8, 4) is 0 Å². The summed E-state index contributed by atoms with van der Waals surface area (Å²) in [6.45, 7) is 11.1. The van der Waals surface area contributed by atoms with Gasteiger partial charge in [-0.15, -0.1) is 0 Å². The number of ether oxygens (including phenoxy) is 1.